The number of fused-ring (bicyclic) bond motifs is 1. The van der Waals surface area contributed by atoms with Gasteiger partial charge in [0.1, 0.15) is 17.1 Å². The Morgan fingerprint density at radius 3 is 2.33 bits per heavy atom. The molecule has 0 amide bonds. The summed E-state index contributed by atoms with van der Waals surface area (Å²) in [6.07, 6.45) is -8.53. The van der Waals surface area contributed by atoms with Crippen LogP contribution in [0.1, 0.15) is 25.0 Å². The minimum absolute atomic E-state index is 0.00593. The zero-order chi connectivity index (χ0) is 30.4. The lowest BCUT2D eigenvalue weighted by Crippen LogP contribution is -2.44. The first-order chi connectivity index (χ1) is 19.6. The molecule has 7 nitrogen and oxygen atoms in total. The number of hydrogen-bond acceptors (Lipinski definition) is 6. The number of ether oxygens (including phenoxy) is 1. The third-order valence-corrected chi connectivity index (χ3v) is 7.96. The number of nitrogens with zero attached hydrogens (tertiary/aromatic N) is 2. The monoisotopic (exact) mass is 611 g/mol. The van der Waals surface area contributed by atoms with Gasteiger partial charge in [0.2, 0.25) is 0 Å². The summed E-state index contributed by atoms with van der Waals surface area (Å²) < 4.78 is 103. The maximum atomic E-state index is 13.9. The highest BCUT2D eigenvalue weighted by Gasteiger charge is 2.38. The van der Waals surface area contributed by atoms with Gasteiger partial charge in [0.25, 0.3) is 0 Å². The van der Waals surface area contributed by atoms with Gasteiger partial charge in [0.05, 0.1) is 23.4 Å². The van der Waals surface area contributed by atoms with Gasteiger partial charge in [0.15, 0.2) is 17.3 Å². The fraction of sp³-hybridized carbons (Fsp3) is 0.286. The molecule has 222 valence electrons. The molecule has 4 aromatic rings. The van der Waals surface area contributed by atoms with E-state index < -0.39 is 41.6 Å². The SMILES string of the molecule is CC1(C)Cc2cc(-c3ccc(C(F)(F)F)cc3)ccc2N([S+]([O-])c2ccc(-c3noc(=O)[nH]3)c(OCC(F)(F)F)c2)C1. The van der Waals surface area contributed by atoms with Gasteiger partial charge in [0, 0.05) is 6.07 Å². The van der Waals surface area contributed by atoms with Crippen molar-refractivity contribution < 1.29 is 40.2 Å². The molecule has 0 radical (unpaired) electrons. The van der Waals surface area contributed by atoms with Gasteiger partial charge in [-0.05, 0) is 64.9 Å². The van der Waals surface area contributed by atoms with Gasteiger partial charge in [-0.2, -0.15) is 30.6 Å². The summed E-state index contributed by atoms with van der Waals surface area (Å²) in [5, 5.41) is 3.51. The second kappa shape index (κ2) is 10.7. The van der Waals surface area contributed by atoms with Crippen molar-refractivity contribution in [1.82, 2.24) is 10.1 Å². The summed E-state index contributed by atoms with van der Waals surface area (Å²) >= 11 is -1.91. The molecule has 1 aromatic heterocycles. The summed E-state index contributed by atoms with van der Waals surface area (Å²) in [4.78, 5) is 13.8. The summed E-state index contributed by atoms with van der Waals surface area (Å²) in [7, 11) is 0. The Labute approximate surface area is 238 Å². The van der Waals surface area contributed by atoms with E-state index in [1.807, 2.05) is 19.9 Å². The number of rotatable bonds is 6. The summed E-state index contributed by atoms with van der Waals surface area (Å²) in [5.74, 6) is -1.38. The Hall–Kier alpha value is -3.91. The van der Waals surface area contributed by atoms with E-state index in [-0.39, 0.29) is 27.4 Å². The van der Waals surface area contributed by atoms with E-state index in [9.17, 15) is 35.7 Å². The quantitative estimate of drug-likeness (QED) is 0.191. The molecule has 0 aliphatic carbocycles. The first-order valence-electron chi connectivity index (χ1n) is 12.5. The zero-order valence-corrected chi connectivity index (χ0v) is 22.9. The van der Waals surface area contributed by atoms with Crippen LogP contribution >= 0.6 is 0 Å². The Balaban J connectivity index is 1.49. The van der Waals surface area contributed by atoms with Crippen LogP contribution in [0.2, 0.25) is 0 Å². The lowest BCUT2D eigenvalue weighted by molar-refractivity contribution is -0.153. The second-order valence-electron chi connectivity index (χ2n) is 10.6. The molecular weight excluding hydrogens is 588 g/mol. The molecule has 3 aromatic carbocycles. The topological polar surface area (TPSA) is 94.4 Å². The highest BCUT2D eigenvalue weighted by Crippen LogP contribution is 2.42. The predicted molar refractivity (Wildman–Crippen MR) is 142 cm³/mol. The number of alkyl halides is 6. The Morgan fingerprint density at radius 1 is 1.02 bits per heavy atom. The van der Waals surface area contributed by atoms with Crippen molar-refractivity contribution in [2.75, 3.05) is 17.5 Å². The molecule has 14 heteroatoms. The maximum Gasteiger partial charge on any atom is 0.439 e. The van der Waals surface area contributed by atoms with Gasteiger partial charge < -0.3 is 9.29 Å². The van der Waals surface area contributed by atoms with Gasteiger partial charge in [-0.25, -0.2) is 4.79 Å². The van der Waals surface area contributed by atoms with E-state index in [0.29, 0.717) is 29.8 Å². The fourth-order valence-electron chi connectivity index (χ4n) is 4.75. The molecule has 5 rings (SSSR count). The first kappa shape index (κ1) is 29.6. The number of anilines is 1. The van der Waals surface area contributed by atoms with E-state index in [4.69, 9.17) is 4.74 Å². The van der Waals surface area contributed by atoms with Crippen molar-refractivity contribution in [1.29, 1.82) is 0 Å². The summed E-state index contributed by atoms with van der Waals surface area (Å²) in [6.45, 7) is 2.63. The summed E-state index contributed by atoms with van der Waals surface area (Å²) in [6, 6.07) is 14.0. The standard InChI is InChI=1S/C28H23F6N3O4S/c1-26(2)13-18-11-17(16-3-6-19(7-4-16)28(32,33)34)5-10-22(18)37(14-26)42(39)20-8-9-21(24-35-25(38)41-36-24)23(12-20)40-15-27(29,30)31/h3-12H,13-15H2,1-2H3,(H,35,36,38). The van der Waals surface area contributed by atoms with Gasteiger partial charge in [-0.1, -0.05) is 37.2 Å². The van der Waals surface area contributed by atoms with Crippen LogP contribution in [0.15, 0.2) is 74.9 Å². The van der Waals surface area contributed by atoms with Crippen molar-refractivity contribution >= 4 is 17.0 Å². The van der Waals surface area contributed by atoms with Crippen molar-refractivity contribution in [3.8, 4) is 28.3 Å². The van der Waals surface area contributed by atoms with Crippen molar-refractivity contribution in [2.24, 2.45) is 5.41 Å². The third-order valence-electron chi connectivity index (χ3n) is 6.58. The van der Waals surface area contributed by atoms with Crippen LogP contribution in [0.3, 0.4) is 0 Å². The smallest absolute Gasteiger partial charge is 0.439 e. The number of aromatic nitrogens is 2. The number of nitrogens with one attached hydrogen (secondary N) is 1. The normalized spacial score (nSPS) is 15.8. The van der Waals surface area contributed by atoms with Crippen LogP contribution in [0, 0.1) is 5.41 Å². The number of benzene rings is 3. The highest BCUT2D eigenvalue weighted by molar-refractivity contribution is 7.92. The van der Waals surface area contributed by atoms with Gasteiger partial charge in [-0.3, -0.25) is 9.51 Å². The molecule has 2 heterocycles. The Bertz CT molecular complexity index is 1650. The molecule has 0 saturated carbocycles. The van der Waals surface area contributed by atoms with Crippen LogP contribution < -0.4 is 14.8 Å². The lowest BCUT2D eigenvalue weighted by atomic mass is 9.81. The van der Waals surface area contributed by atoms with Crippen LogP contribution in [0.25, 0.3) is 22.5 Å². The van der Waals surface area contributed by atoms with E-state index in [1.165, 1.54) is 30.3 Å². The van der Waals surface area contributed by atoms with Crippen molar-refractivity contribution in [2.45, 2.75) is 37.5 Å². The average molecular weight is 612 g/mol. The second-order valence-corrected chi connectivity index (χ2v) is 12.0. The number of H-pyrrole nitrogens is 1. The average Bonchev–Trinajstić information content (AvgIpc) is 3.35. The molecule has 1 N–H and O–H groups in total. The molecule has 42 heavy (non-hydrogen) atoms. The number of aromatic amines is 1. The van der Waals surface area contributed by atoms with Crippen LogP contribution in [-0.2, 0) is 24.0 Å². The van der Waals surface area contributed by atoms with Crippen LogP contribution in [0.5, 0.6) is 5.75 Å². The minimum Gasteiger partial charge on any atom is -0.588 e. The van der Waals surface area contributed by atoms with E-state index in [1.54, 1.807) is 16.4 Å². The van der Waals surface area contributed by atoms with E-state index in [0.717, 1.165) is 17.7 Å². The van der Waals surface area contributed by atoms with Gasteiger partial charge in [-0.15, -0.1) is 0 Å². The predicted octanol–water partition coefficient (Wildman–Crippen LogP) is 6.77. The number of halogens is 6. The van der Waals surface area contributed by atoms with E-state index in [2.05, 4.69) is 14.7 Å². The van der Waals surface area contributed by atoms with Crippen LogP contribution in [0.4, 0.5) is 32.0 Å². The first-order valence-corrected chi connectivity index (χ1v) is 13.6. The highest BCUT2D eigenvalue weighted by atomic mass is 32.2. The minimum atomic E-state index is -4.66. The lowest BCUT2D eigenvalue weighted by Gasteiger charge is -2.39. The fourth-order valence-corrected chi connectivity index (χ4v) is 6.22. The molecule has 0 bridgehead atoms. The third kappa shape index (κ3) is 6.44. The maximum absolute atomic E-state index is 13.9. The Kier molecular flexibility index (Phi) is 7.56. The Morgan fingerprint density at radius 2 is 1.71 bits per heavy atom. The van der Waals surface area contributed by atoms with Crippen molar-refractivity contribution in [3.63, 3.8) is 0 Å². The molecule has 0 saturated heterocycles. The molecule has 0 spiro atoms. The zero-order valence-electron chi connectivity index (χ0n) is 22.1. The molecule has 1 aliphatic rings. The summed E-state index contributed by atoms with van der Waals surface area (Å²) in [5.41, 5.74) is 1.55. The molecule has 1 aliphatic heterocycles. The van der Waals surface area contributed by atoms with Crippen molar-refractivity contribution in [3.05, 3.63) is 82.3 Å². The molecule has 0 fully saturated rings. The number of hydrogen-bond donors (Lipinski definition) is 1. The van der Waals surface area contributed by atoms with Gasteiger partial charge >= 0.3 is 18.1 Å². The molecule has 1 atom stereocenters. The molecular formula is C28H23F6N3O4S. The van der Waals surface area contributed by atoms with Crippen LogP contribution in [-0.4, -0.2) is 34.0 Å². The van der Waals surface area contributed by atoms with E-state index >= 15 is 0 Å². The molecule has 1 unspecified atom stereocenters. The largest absolute Gasteiger partial charge is 0.588 e.